The van der Waals surface area contributed by atoms with E-state index in [1.165, 1.54) is 12.1 Å². The molecule has 4 nitrogen and oxygen atoms in total. The summed E-state index contributed by atoms with van der Waals surface area (Å²) in [6.45, 7) is 3.47. The number of rotatable bonds is 4. The maximum absolute atomic E-state index is 10.6. The van der Waals surface area contributed by atoms with Gasteiger partial charge in [0.2, 0.25) is 0 Å². The maximum atomic E-state index is 10.6. The molecule has 1 rings (SSSR count). The van der Waals surface area contributed by atoms with E-state index in [0.717, 1.165) is 0 Å². The maximum Gasteiger partial charge on any atom is 0.275 e. The number of hydrogen-bond acceptors (Lipinski definition) is 3. The molecule has 1 atom stereocenters. The molecule has 1 aromatic rings. The Kier molecular flexibility index (Phi) is 3.36. The highest BCUT2D eigenvalue weighted by molar-refractivity contribution is 5.41. The van der Waals surface area contributed by atoms with Gasteiger partial charge in [0, 0.05) is 6.07 Å². The Balaban J connectivity index is 3.06. The van der Waals surface area contributed by atoms with E-state index in [2.05, 4.69) is 6.58 Å². The van der Waals surface area contributed by atoms with E-state index in [9.17, 15) is 15.2 Å². The van der Waals surface area contributed by atoms with Crippen molar-refractivity contribution < 1.29 is 10.0 Å². The number of aliphatic hydroxyl groups is 1. The van der Waals surface area contributed by atoms with Crippen LogP contribution in [0.5, 0.6) is 0 Å². The Hall–Kier alpha value is -1.68. The first-order chi connectivity index (χ1) is 6.66. The topological polar surface area (TPSA) is 63.4 Å². The molecule has 14 heavy (non-hydrogen) atoms. The molecule has 0 saturated carbocycles. The number of nitrogens with zero attached hydrogens (tertiary/aromatic N) is 1. The van der Waals surface area contributed by atoms with E-state index in [-0.39, 0.29) is 5.69 Å². The molecule has 0 aliphatic heterocycles. The Bertz CT molecular complexity index is 349. The zero-order valence-corrected chi connectivity index (χ0v) is 7.59. The second-order valence-electron chi connectivity index (χ2n) is 2.86. The van der Waals surface area contributed by atoms with Gasteiger partial charge in [0.1, 0.15) is 0 Å². The summed E-state index contributed by atoms with van der Waals surface area (Å²) in [7, 11) is 0. The summed E-state index contributed by atoms with van der Waals surface area (Å²) < 4.78 is 0. The van der Waals surface area contributed by atoms with Gasteiger partial charge < -0.3 is 5.11 Å². The third-order valence-corrected chi connectivity index (χ3v) is 1.88. The van der Waals surface area contributed by atoms with E-state index < -0.39 is 11.0 Å². The lowest BCUT2D eigenvalue weighted by atomic mass is 10.0. The smallest absolute Gasteiger partial charge is 0.275 e. The Labute approximate surface area is 81.6 Å². The Morgan fingerprint density at radius 3 is 2.79 bits per heavy atom. The third kappa shape index (κ3) is 2.17. The van der Waals surface area contributed by atoms with Crippen molar-refractivity contribution in [2.24, 2.45) is 0 Å². The van der Waals surface area contributed by atoms with E-state index in [1.54, 1.807) is 18.2 Å². The summed E-state index contributed by atoms with van der Waals surface area (Å²) in [6, 6.07) is 6.16. The molecule has 0 radical (unpaired) electrons. The molecule has 0 aromatic heterocycles. The van der Waals surface area contributed by atoms with Crippen LogP contribution in [0.15, 0.2) is 36.9 Å². The highest BCUT2D eigenvalue weighted by atomic mass is 16.6. The fraction of sp³-hybridized carbons (Fsp3) is 0.200. The summed E-state index contributed by atoms with van der Waals surface area (Å²) in [4.78, 5) is 10.1. The summed E-state index contributed by atoms with van der Waals surface area (Å²) >= 11 is 0. The average molecular weight is 193 g/mol. The fourth-order valence-corrected chi connectivity index (χ4v) is 1.22. The molecule has 74 valence electrons. The number of benzene rings is 1. The number of aliphatic hydroxyl groups excluding tert-OH is 1. The molecule has 0 unspecified atom stereocenters. The van der Waals surface area contributed by atoms with Crippen molar-refractivity contribution in [1.82, 2.24) is 0 Å². The minimum atomic E-state index is -0.853. The SMILES string of the molecule is C=CC[C@@H](O)c1ccccc1[N+](=O)[O-]. The zero-order chi connectivity index (χ0) is 10.6. The summed E-state index contributed by atoms with van der Waals surface area (Å²) in [5, 5.41) is 20.2. The monoisotopic (exact) mass is 193 g/mol. The molecule has 4 heteroatoms. The van der Waals surface area contributed by atoms with Crippen LogP contribution in [0.4, 0.5) is 5.69 Å². The predicted octanol–water partition coefficient (Wildman–Crippen LogP) is 2.20. The largest absolute Gasteiger partial charge is 0.388 e. The van der Waals surface area contributed by atoms with Crippen LogP contribution < -0.4 is 0 Å². The van der Waals surface area contributed by atoms with Crippen molar-refractivity contribution in [3.05, 3.63) is 52.6 Å². The first kappa shape index (κ1) is 10.4. The van der Waals surface area contributed by atoms with Gasteiger partial charge >= 0.3 is 0 Å². The van der Waals surface area contributed by atoms with Gasteiger partial charge in [-0.25, -0.2) is 0 Å². The molecule has 0 heterocycles. The Morgan fingerprint density at radius 1 is 1.57 bits per heavy atom. The molecule has 0 bridgehead atoms. The average Bonchev–Trinajstić information content (AvgIpc) is 2.18. The standard InChI is InChI=1S/C10H11NO3/c1-2-5-10(12)8-6-3-4-7-9(8)11(13)14/h2-4,6-7,10,12H,1,5H2/t10-/m1/s1. The van der Waals surface area contributed by atoms with E-state index in [1.807, 2.05) is 0 Å². The predicted molar refractivity (Wildman–Crippen MR) is 52.9 cm³/mol. The van der Waals surface area contributed by atoms with Crippen molar-refractivity contribution in [3.63, 3.8) is 0 Å². The molecular weight excluding hydrogens is 182 g/mol. The lowest BCUT2D eigenvalue weighted by Crippen LogP contribution is -2.01. The van der Waals surface area contributed by atoms with Gasteiger partial charge in [-0.2, -0.15) is 0 Å². The molecule has 1 aromatic carbocycles. The van der Waals surface area contributed by atoms with Crippen molar-refractivity contribution >= 4 is 5.69 Å². The van der Waals surface area contributed by atoms with Gasteiger partial charge in [-0.05, 0) is 12.5 Å². The van der Waals surface area contributed by atoms with Crippen LogP contribution in [0.3, 0.4) is 0 Å². The number of hydrogen-bond donors (Lipinski definition) is 1. The summed E-state index contributed by atoms with van der Waals surface area (Å²) in [5.41, 5.74) is 0.277. The normalized spacial score (nSPS) is 12.1. The van der Waals surface area contributed by atoms with Gasteiger partial charge in [0.05, 0.1) is 16.6 Å². The van der Waals surface area contributed by atoms with Crippen LogP contribution in [0.1, 0.15) is 18.1 Å². The molecule has 0 spiro atoms. The molecule has 0 fully saturated rings. The van der Waals surface area contributed by atoms with E-state index in [4.69, 9.17) is 0 Å². The molecule has 0 saturated heterocycles. The van der Waals surface area contributed by atoms with Gasteiger partial charge in [-0.15, -0.1) is 6.58 Å². The number of nitro benzene ring substituents is 1. The number of para-hydroxylation sites is 1. The first-order valence-electron chi connectivity index (χ1n) is 4.19. The van der Waals surface area contributed by atoms with Gasteiger partial charge in [-0.1, -0.05) is 18.2 Å². The molecule has 0 aliphatic rings. The second-order valence-corrected chi connectivity index (χ2v) is 2.86. The molecule has 0 aliphatic carbocycles. The minimum Gasteiger partial charge on any atom is -0.388 e. The highest BCUT2D eigenvalue weighted by Crippen LogP contribution is 2.26. The number of nitro groups is 1. The van der Waals surface area contributed by atoms with E-state index in [0.29, 0.717) is 12.0 Å². The van der Waals surface area contributed by atoms with Crippen LogP contribution in [0.2, 0.25) is 0 Å². The van der Waals surface area contributed by atoms with Crippen molar-refractivity contribution in [3.8, 4) is 0 Å². The van der Waals surface area contributed by atoms with Crippen LogP contribution >= 0.6 is 0 Å². The molecule has 1 N–H and O–H groups in total. The zero-order valence-electron chi connectivity index (χ0n) is 7.59. The van der Waals surface area contributed by atoms with Crippen molar-refractivity contribution in [1.29, 1.82) is 0 Å². The quantitative estimate of drug-likeness (QED) is 0.453. The van der Waals surface area contributed by atoms with E-state index >= 15 is 0 Å². The van der Waals surface area contributed by atoms with Crippen LogP contribution in [0.25, 0.3) is 0 Å². The second kappa shape index (κ2) is 4.53. The van der Waals surface area contributed by atoms with Crippen LogP contribution in [-0.4, -0.2) is 10.0 Å². The summed E-state index contributed by atoms with van der Waals surface area (Å²) in [6.07, 6.45) is 0.987. The minimum absolute atomic E-state index is 0.0538. The van der Waals surface area contributed by atoms with Crippen LogP contribution in [-0.2, 0) is 0 Å². The third-order valence-electron chi connectivity index (χ3n) is 1.88. The van der Waals surface area contributed by atoms with Crippen LogP contribution in [0, 0.1) is 10.1 Å². The fourth-order valence-electron chi connectivity index (χ4n) is 1.22. The van der Waals surface area contributed by atoms with Crippen molar-refractivity contribution in [2.75, 3.05) is 0 Å². The Morgan fingerprint density at radius 2 is 2.21 bits per heavy atom. The lowest BCUT2D eigenvalue weighted by Gasteiger charge is -2.07. The first-order valence-corrected chi connectivity index (χ1v) is 4.19. The molecular formula is C10H11NO3. The van der Waals surface area contributed by atoms with Gasteiger partial charge in [-0.3, -0.25) is 10.1 Å². The van der Waals surface area contributed by atoms with Gasteiger partial charge in [0.15, 0.2) is 0 Å². The molecule has 0 amide bonds. The summed E-state index contributed by atoms with van der Waals surface area (Å²) in [5.74, 6) is 0. The van der Waals surface area contributed by atoms with Gasteiger partial charge in [0.25, 0.3) is 5.69 Å². The van der Waals surface area contributed by atoms with Crippen molar-refractivity contribution in [2.45, 2.75) is 12.5 Å². The highest BCUT2D eigenvalue weighted by Gasteiger charge is 2.17. The lowest BCUT2D eigenvalue weighted by molar-refractivity contribution is -0.386.